The number of aromatic nitrogens is 1. The molecule has 0 bridgehead atoms. The van der Waals surface area contributed by atoms with Crippen LogP contribution < -0.4 is 0 Å². The maximum absolute atomic E-state index is 12.3. The molecular weight excluding hydrogens is 248 g/mol. The molecule has 1 aliphatic rings. The third kappa shape index (κ3) is 2.42. The molecule has 1 aromatic carbocycles. The molecule has 1 aliphatic heterocycles. The van der Waals surface area contributed by atoms with Crippen molar-refractivity contribution in [2.75, 3.05) is 13.1 Å². The number of para-hydroxylation sites is 1. The van der Waals surface area contributed by atoms with E-state index >= 15 is 0 Å². The third-order valence-electron chi connectivity index (χ3n) is 3.83. The number of carbonyl (C=O) groups is 1. The second-order valence-corrected chi connectivity index (χ2v) is 5.28. The van der Waals surface area contributed by atoms with Gasteiger partial charge < -0.3 is 9.47 Å². The van der Waals surface area contributed by atoms with Gasteiger partial charge in [-0.3, -0.25) is 4.79 Å². The van der Waals surface area contributed by atoms with Gasteiger partial charge in [0.25, 0.3) is 0 Å². The molecule has 0 amide bonds. The van der Waals surface area contributed by atoms with Gasteiger partial charge in [-0.05, 0) is 25.3 Å². The summed E-state index contributed by atoms with van der Waals surface area (Å²) >= 11 is 0. The van der Waals surface area contributed by atoms with Crippen molar-refractivity contribution in [2.24, 2.45) is 7.05 Å². The van der Waals surface area contributed by atoms with E-state index < -0.39 is 0 Å². The lowest BCUT2D eigenvalue weighted by Crippen LogP contribution is -2.24. The summed E-state index contributed by atoms with van der Waals surface area (Å²) in [5.41, 5.74) is 1.77. The first-order chi connectivity index (χ1) is 9.75. The van der Waals surface area contributed by atoms with Crippen molar-refractivity contribution >= 4 is 16.7 Å². The van der Waals surface area contributed by atoms with Gasteiger partial charge in [-0.1, -0.05) is 18.2 Å². The molecule has 0 N–H and O–H groups in total. The normalized spacial score (nSPS) is 14.9. The Kier molecular flexibility index (Phi) is 3.47. The fraction of sp³-hybridized carbons (Fsp3) is 0.353. The molecule has 2 heterocycles. The fourth-order valence-corrected chi connectivity index (χ4v) is 2.73. The Balaban J connectivity index is 1.87. The van der Waals surface area contributed by atoms with Crippen molar-refractivity contribution in [1.82, 2.24) is 9.47 Å². The quantitative estimate of drug-likeness (QED) is 0.586. The van der Waals surface area contributed by atoms with Gasteiger partial charge in [0.1, 0.15) is 0 Å². The molecule has 3 rings (SSSR count). The largest absolute Gasteiger partial charge is 0.350 e. The minimum Gasteiger partial charge on any atom is -0.350 e. The lowest BCUT2D eigenvalue weighted by molar-refractivity contribution is 0.105. The number of piperidine rings is 1. The van der Waals surface area contributed by atoms with Crippen LogP contribution >= 0.6 is 0 Å². The minimum atomic E-state index is -0.0904. The zero-order valence-corrected chi connectivity index (χ0v) is 11.7. The molecule has 0 atom stereocenters. The number of likely N-dealkylation sites (tertiary alicyclic amines) is 1. The van der Waals surface area contributed by atoms with Crippen LogP contribution in [0.15, 0.2) is 30.5 Å². The van der Waals surface area contributed by atoms with Crippen molar-refractivity contribution in [1.29, 1.82) is 0 Å². The van der Waals surface area contributed by atoms with E-state index in [1.54, 1.807) is 0 Å². The second-order valence-electron chi connectivity index (χ2n) is 5.28. The van der Waals surface area contributed by atoms with Crippen LogP contribution in [0.2, 0.25) is 0 Å². The summed E-state index contributed by atoms with van der Waals surface area (Å²) < 4.78 is 1.98. The number of fused-ring (bicyclic) bond motifs is 1. The SMILES string of the molecule is Cn1cc(C(=O)C#CN2CCCCC2)c2ccccc21. The van der Waals surface area contributed by atoms with Crippen LogP contribution in [0.25, 0.3) is 10.9 Å². The standard InChI is InChI=1S/C17H18N2O/c1-18-13-15(14-7-3-4-8-16(14)18)17(20)9-12-19-10-5-2-6-11-19/h3-4,7-8,13H,2,5-6,10-11H2,1H3. The van der Waals surface area contributed by atoms with Gasteiger partial charge in [0.05, 0.1) is 5.56 Å². The average Bonchev–Trinajstić information content (AvgIpc) is 2.84. The summed E-state index contributed by atoms with van der Waals surface area (Å²) in [5, 5.41) is 0.980. The van der Waals surface area contributed by atoms with Crippen molar-refractivity contribution in [3.8, 4) is 12.0 Å². The first-order valence-electron chi connectivity index (χ1n) is 7.11. The number of Topliss-reactive ketones (excluding diaryl/α,β-unsaturated/α-hetero) is 1. The molecule has 0 radical (unpaired) electrons. The van der Waals surface area contributed by atoms with Gasteiger partial charge in [0.15, 0.2) is 0 Å². The summed E-state index contributed by atoms with van der Waals surface area (Å²) in [6.45, 7) is 1.96. The molecule has 1 fully saturated rings. The maximum Gasteiger partial charge on any atom is 0.239 e. The molecule has 102 valence electrons. The Morgan fingerprint density at radius 2 is 1.90 bits per heavy atom. The Morgan fingerprint density at radius 1 is 1.15 bits per heavy atom. The van der Waals surface area contributed by atoms with E-state index in [0.717, 1.165) is 24.0 Å². The number of rotatable bonds is 1. The number of nitrogens with zero attached hydrogens (tertiary/aromatic N) is 2. The highest BCUT2D eigenvalue weighted by atomic mass is 16.1. The Bertz CT molecular complexity index is 697. The van der Waals surface area contributed by atoms with Crippen molar-refractivity contribution in [3.05, 3.63) is 36.0 Å². The predicted octanol–water partition coefficient (Wildman–Crippen LogP) is 2.81. The number of hydrogen-bond donors (Lipinski definition) is 0. The van der Waals surface area contributed by atoms with E-state index in [1.165, 1.54) is 19.3 Å². The highest BCUT2D eigenvalue weighted by Gasteiger charge is 2.12. The summed E-state index contributed by atoms with van der Waals surface area (Å²) in [6.07, 6.45) is 5.50. The molecule has 3 nitrogen and oxygen atoms in total. The van der Waals surface area contributed by atoms with E-state index in [9.17, 15) is 4.79 Å². The van der Waals surface area contributed by atoms with Gasteiger partial charge in [-0.25, -0.2) is 0 Å². The lowest BCUT2D eigenvalue weighted by atomic mass is 10.1. The average molecular weight is 266 g/mol. The highest BCUT2D eigenvalue weighted by molar-refractivity contribution is 6.16. The number of hydrogen-bond acceptors (Lipinski definition) is 2. The molecule has 0 aliphatic carbocycles. The van der Waals surface area contributed by atoms with E-state index in [-0.39, 0.29) is 5.78 Å². The van der Waals surface area contributed by atoms with Crippen LogP contribution in [0, 0.1) is 12.0 Å². The predicted molar refractivity (Wildman–Crippen MR) is 80.4 cm³/mol. The first kappa shape index (κ1) is 12.8. The van der Waals surface area contributed by atoms with Crippen LogP contribution in [0.3, 0.4) is 0 Å². The number of benzene rings is 1. The second kappa shape index (κ2) is 5.42. The molecule has 0 saturated carbocycles. The summed E-state index contributed by atoms with van der Waals surface area (Å²) in [6, 6.07) is 11.0. The number of carbonyl (C=O) groups excluding carboxylic acids is 1. The Labute approximate surface area is 119 Å². The first-order valence-corrected chi connectivity index (χ1v) is 7.11. The van der Waals surface area contributed by atoms with Crippen LogP contribution in [0.4, 0.5) is 0 Å². The van der Waals surface area contributed by atoms with Crippen LogP contribution in [0.5, 0.6) is 0 Å². The molecule has 1 aromatic heterocycles. The zero-order valence-electron chi connectivity index (χ0n) is 11.7. The molecule has 2 aromatic rings. The van der Waals surface area contributed by atoms with Crippen LogP contribution in [-0.2, 0) is 7.05 Å². The molecule has 20 heavy (non-hydrogen) atoms. The van der Waals surface area contributed by atoms with E-state index in [4.69, 9.17) is 0 Å². The summed E-state index contributed by atoms with van der Waals surface area (Å²) in [4.78, 5) is 14.4. The lowest BCUT2D eigenvalue weighted by Gasteiger charge is -2.21. The van der Waals surface area contributed by atoms with Crippen LogP contribution in [-0.4, -0.2) is 28.3 Å². The fourth-order valence-electron chi connectivity index (χ4n) is 2.73. The molecule has 0 spiro atoms. The van der Waals surface area contributed by atoms with Gasteiger partial charge in [-0.15, -0.1) is 0 Å². The highest BCUT2D eigenvalue weighted by Crippen LogP contribution is 2.20. The van der Waals surface area contributed by atoms with Crippen molar-refractivity contribution < 1.29 is 4.79 Å². The summed E-state index contributed by atoms with van der Waals surface area (Å²) in [7, 11) is 1.96. The zero-order chi connectivity index (χ0) is 13.9. The van der Waals surface area contributed by atoms with Gasteiger partial charge in [-0.2, -0.15) is 0 Å². The molecule has 0 unspecified atom stereocenters. The molecule has 1 saturated heterocycles. The van der Waals surface area contributed by atoms with E-state index in [0.29, 0.717) is 5.56 Å². The van der Waals surface area contributed by atoms with E-state index in [2.05, 4.69) is 16.9 Å². The third-order valence-corrected chi connectivity index (χ3v) is 3.83. The van der Waals surface area contributed by atoms with Crippen molar-refractivity contribution in [2.45, 2.75) is 19.3 Å². The van der Waals surface area contributed by atoms with Gasteiger partial charge in [0, 0.05) is 49.2 Å². The number of aryl methyl sites for hydroxylation is 1. The van der Waals surface area contributed by atoms with Gasteiger partial charge >= 0.3 is 0 Å². The Hall–Kier alpha value is -2.21. The van der Waals surface area contributed by atoms with E-state index in [1.807, 2.05) is 42.1 Å². The molecular formula is C17H18N2O. The molecule has 3 heteroatoms. The summed E-state index contributed by atoms with van der Waals surface area (Å²) in [5.74, 6) is 2.71. The maximum atomic E-state index is 12.3. The topological polar surface area (TPSA) is 25.2 Å². The monoisotopic (exact) mass is 266 g/mol. The smallest absolute Gasteiger partial charge is 0.239 e. The van der Waals surface area contributed by atoms with Crippen LogP contribution in [0.1, 0.15) is 29.6 Å². The number of ketones is 1. The minimum absolute atomic E-state index is 0.0904. The Morgan fingerprint density at radius 3 is 2.70 bits per heavy atom. The van der Waals surface area contributed by atoms with Gasteiger partial charge in [0.2, 0.25) is 5.78 Å². The van der Waals surface area contributed by atoms with Crippen molar-refractivity contribution in [3.63, 3.8) is 0 Å².